The molecule has 0 aliphatic rings. The van der Waals surface area contributed by atoms with Crippen molar-refractivity contribution in [3.63, 3.8) is 0 Å². The summed E-state index contributed by atoms with van der Waals surface area (Å²) in [6, 6.07) is 12.4. The lowest BCUT2D eigenvalue weighted by atomic mass is 10.2. The second kappa shape index (κ2) is 9.13. The molecule has 0 bridgehead atoms. The van der Waals surface area contributed by atoms with E-state index in [-0.39, 0.29) is 17.6 Å². The zero-order chi connectivity index (χ0) is 18.4. The summed E-state index contributed by atoms with van der Waals surface area (Å²) >= 11 is 13.1. The molecule has 0 aromatic heterocycles. The molecule has 0 heterocycles. The smallest absolute Gasteiger partial charge is 0.237 e. The standard InChI is InChI=1S/C18H18Cl2N2O2S/c1-11-3-5-15(6-4-11)21-17(23)10-25-12(2)18(24)22-16-8-13(19)7-14(20)9-16/h3-9,12H,10H2,1-2H3,(H,21,23)(H,22,24). The van der Waals surface area contributed by atoms with E-state index in [1.165, 1.54) is 11.8 Å². The largest absolute Gasteiger partial charge is 0.325 e. The van der Waals surface area contributed by atoms with E-state index in [1.807, 2.05) is 31.2 Å². The van der Waals surface area contributed by atoms with Crippen molar-refractivity contribution in [2.45, 2.75) is 19.1 Å². The summed E-state index contributed by atoms with van der Waals surface area (Å²) in [6.07, 6.45) is 0. The van der Waals surface area contributed by atoms with E-state index in [0.29, 0.717) is 15.7 Å². The van der Waals surface area contributed by atoms with Crippen molar-refractivity contribution in [3.8, 4) is 0 Å². The molecule has 0 aliphatic heterocycles. The van der Waals surface area contributed by atoms with Gasteiger partial charge in [-0.25, -0.2) is 0 Å². The third kappa shape index (κ3) is 6.61. The Morgan fingerprint density at radius 2 is 1.60 bits per heavy atom. The second-order valence-corrected chi connectivity index (χ2v) is 7.72. The number of aryl methyl sites for hydroxylation is 1. The van der Waals surface area contributed by atoms with Gasteiger partial charge in [0.25, 0.3) is 0 Å². The third-order valence-electron chi connectivity index (χ3n) is 3.30. The summed E-state index contributed by atoms with van der Waals surface area (Å²) < 4.78 is 0. The van der Waals surface area contributed by atoms with Crippen molar-refractivity contribution in [2.75, 3.05) is 16.4 Å². The maximum absolute atomic E-state index is 12.2. The van der Waals surface area contributed by atoms with Gasteiger partial charge in [0.05, 0.1) is 11.0 Å². The lowest BCUT2D eigenvalue weighted by Gasteiger charge is -2.12. The van der Waals surface area contributed by atoms with Crippen molar-refractivity contribution in [3.05, 3.63) is 58.1 Å². The van der Waals surface area contributed by atoms with Crippen LogP contribution >= 0.6 is 35.0 Å². The van der Waals surface area contributed by atoms with Crippen LogP contribution < -0.4 is 10.6 Å². The van der Waals surface area contributed by atoms with Gasteiger partial charge in [0.2, 0.25) is 11.8 Å². The Labute approximate surface area is 161 Å². The lowest BCUT2D eigenvalue weighted by molar-refractivity contribution is -0.115. The van der Waals surface area contributed by atoms with Crippen LogP contribution in [0.2, 0.25) is 10.0 Å². The van der Waals surface area contributed by atoms with E-state index in [1.54, 1.807) is 25.1 Å². The van der Waals surface area contributed by atoms with Crippen LogP contribution in [0.3, 0.4) is 0 Å². The minimum atomic E-state index is -0.401. The topological polar surface area (TPSA) is 58.2 Å². The first-order chi connectivity index (χ1) is 11.8. The maximum atomic E-state index is 12.2. The Hall–Kier alpha value is -1.69. The number of carbonyl (C=O) groups is 2. The van der Waals surface area contributed by atoms with E-state index in [0.717, 1.165) is 11.3 Å². The Morgan fingerprint density at radius 1 is 1.00 bits per heavy atom. The monoisotopic (exact) mass is 396 g/mol. The maximum Gasteiger partial charge on any atom is 0.237 e. The van der Waals surface area contributed by atoms with Gasteiger partial charge in [0, 0.05) is 21.4 Å². The van der Waals surface area contributed by atoms with Crippen LogP contribution in [-0.2, 0) is 9.59 Å². The predicted molar refractivity (Wildman–Crippen MR) is 107 cm³/mol. The molecule has 2 rings (SSSR count). The quantitative estimate of drug-likeness (QED) is 0.721. The van der Waals surface area contributed by atoms with Crippen molar-refractivity contribution in [1.29, 1.82) is 0 Å². The fourth-order valence-corrected chi connectivity index (χ4v) is 3.19. The first kappa shape index (κ1) is 19.6. The molecule has 1 atom stereocenters. The molecule has 1 unspecified atom stereocenters. The molecule has 0 saturated heterocycles. The van der Waals surface area contributed by atoms with Gasteiger partial charge >= 0.3 is 0 Å². The minimum Gasteiger partial charge on any atom is -0.325 e. The van der Waals surface area contributed by atoms with Gasteiger partial charge < -0.3 is 10.6 Å². The van der Waals surface area contributed by atoms with Crippen LogP contribution in [0.25, 0.3) is 0 Å². The molecule has 25 heavy (non-hydrogen) atoms. The highest BCUT2D eigenvalue weighted by atomic mass is 35.5. The normalized spacial score (nSPS) is 11.7. The zero-order valence-corrected chi connectivity index (χ0v) is 16.1. The van der Waals surface area contributed by atoms with Crippen molar-refractivity contribution >= 4 is 58.2 Å². The summed E-state index contributed by atoms with van der Waals surface area (Å²) in [4.78, 5) is 24.2. The zero-order valence-electron chi connectivity index (χ0n) is 13.8. The Kier molecular flexibility index (Phi) is 7.17. The van der Waals surface area contributed by atoms with E-state index < -0.39 is 5.25 Å². The fraction of sp³-hybridized carbons (Fsp3) is 0.222. The number of halogens is 2. The lowest BCUT2D eigenvalue weighted by Crippen LogP contribution is -2.25. The number of hydrogen-bond donors (Lipinski definition) is 2. The first-order valence-electron chi connectivity index (χ1n) is 7.58. The van der Waals surface area contributed by atoms with Gasteiger partial charge in [-0.05, 0) is 44.2 Å². The molecule has 0 radical (unpaired) electrons. The summed E-state index contributed by atoms with van der Waals surface area (Å²) in [6.45, 7) is 3.72. The number of thioether (sulfide) groups is 1. The van der Waals surface area contributed by atoms with Gasteiger partial charge in [-0.2, -0.15) is 0 Å². The highest BCUT2D eigenvalue weighted by Crippen LogP contribution is 2.23. The van der Waals surface area contributed by atoms with Gasteiger partial charge in [0.15, 0.2) is 0 Å². The molecule has 2 N–H and O–H groups in total. The molecule has 0 spiro atoms. The molecule has 2 aromatic rings. The van der Waals surface area contributed by atoms with Gasteiger partial charge in [0.1, 0.15) is 0 Å². The fourth-order valence-electron chi connectivity index (χ4n) is 1.98. The van der Waals surface area contributed by atoms with Crippen LogP contribution in [0.5, 0.6) is 0 Å². The van der Waals surface area contributed by atoms with E-state index >= 15 is 0 Å². The number of carbonyl (C=O) groups excluding carboxylic acids is 2. The number of anilines is 2. The minimum absolute atomic E-state index is 0.153. The Balaban J connectivity index is 1.82. The second-order valence-electron chi connectivity index (χ2n) is 5.51. The van der Waals surface area contributed by atoms with E-state index in [4.69, 9.17) is 23.2 Å². The molecule has 0 aliphatic carbocycles. The SMILES string of the molecule is Cc1ccc(NC(=O)CSC(C)C(=O)Nc2cc(Cl)cc(Cl)c2)cc1. The molecule has 132 valence electrons. The van der Waals surface area contributed by atoms with Crippen LogP contribution in [0.4, 0.5) is 11.4 Å². The van der Waals surface area contributed by atoms with Crippen molar-refractivity contribution in [1.82, 2.24) is 0 Å². The van der Waals surface area contributed by atoms with Gasteiger partial charge in [-0.3, -0.25) is 9.59 Å². The van der Waals surface area contributed by atoms with Crippen LogP contribution in [0.1, 0.15) is 12.5 Å². The Bertz CT molecular complexity index is 746. The van der Waals surface area contributed by atoms with Crippen LogP contribution in [0.15, 0.2) is 42.5 Å². The average molecular weight is 397 g/mol. The highest BCUT2D eigenvalue weighted by Gasteiger charge is 2.16. The van der Waals surface area contributed by atoms with Gasteiger partial charge in [-0.15, -0.1) is 11.8 Å². The number of amides is 2. The number of rotatable bonds is 6. The Morgan fingerprint density at radius 3 is 2.20 bits per heavy atom. The highest BCUT2D eigenvalue weighted by molar-refractivity contribution is 8.01. The molecule has 0 fully saturated rings. The molecular formula is C18H18Cl2N2O2S. The molecular weight excluding hydrogens is 379 g/mol. The number of hydrogen-bond acceptors (Lipinski definition) is 3. The summed E-state index contributed by atoms with van der Waals surface area (Å²) in [7, 11) is 0. The molecule has 4 nitrogen and oxygen atoms in total. The summed E-state index contributed by atoms with van der Waals surface area (Å²) in [5.41, 5.74) is 2.39. The van der Waals surface area contributed by atoms with Crippen molar-refractivity contribution < 1.29 is 9.59 Å². The molecule has 0 saturated carbocycles. The molecule has 2 aromatic carbocycles. The molecule has 2 amide bonds. The van der Waals surface area contributed by atoms with Crippen molar-refractivity contribution in [2.24, 2.45) is 0 Å². The van der Waals surface area contributed by atoms with Gasteiger partial charge in [-0.1, -0.05) is 40.9 Å². The van der Waals surface area contributed by atoms with Crippen LogP contribution in [0, 0.1) is 6.92 Å². The van der Waals surface area contributed by atoms with E-state index in [2.05, 4.69) is 10.6 Å². The summed E-state index contributed by atoms with van der Waals surface area (Å²) in [5, 5.41) is 6.03. The first-order valence-corrected chi connectivity index (χ1v) is 9.39. The number of benzene rings is 2. The third-order valence-corrected chi connectivity index (χ3v) is 4.88. The molecule has 7 heteroatoms. The average Bonchev–Trinajstić information content (AvgIpc) is 2.53. The summed E-state index contributed by atoms with van der Waals surface area (Å²) in [5.74, 6) is -0.190. The van der Waals surface area contributed by atoms with E-state index in [9.17, 15) is 9.59 Å². The van der Waals surface area contributed by atoms with Crippen LogP contribution in [-0.4, -0.2) is 22.8 Å². The predicted octanol–water partition coefficient (Wildman–Crippen LogP) is 5.00. The number of nitrogens with one attached hydrogen (secondary N) is 2.